The van der Waals surface area contributed by atoms with Crippen molar-refractivity contribution in [3.05, 3.63) is 65.7 Å². The van der Waals surface area contributed by atoms with E-state index in [0.29, 0.717) is 0 Å². The Labute approximate surface area is 217 Å². The number of carbonyl (C=O) groups excluding carboxylic acids is 3. The first-order chi connectivity index (χ1) is 17.4. The van der Waals surface area contributed by atoms with Gasteiger partial charge in [-0.05, 0) is 44.3 Å². The molecule has 198 valence electrons. The van der Waals surface area contributed by atoms with E-state index in [1.54, 1.807) is 36.4 Å². The summed E-state index contributed by atoms with van der Waals surface area (Å²) in [7, 11) is -0.524. The fourth-order valence-electron chi connectivity index (χ4n) is 3.62. The molecule has 1 fully saturated rings. The van der Waals surface area contributed by atoms with Crippen LogP contribution in [0.4, 0.5) is 4.79 Å². The first-order valence-electron chi connectivity index (χ1n) is 12.0. The minimum atomic E-state index is -1.32. The smallest absolute Gasteiger partial charge is 0.445 e. The fraction of sp³-hybridized carbons (Fsp3) is 0.423. The van der Waals surface area contributed by atoms with Crippen molar-refractivity contribution in [3.63, 3.8) is 0 Å². The summed E-state index contributed by atoms with van der Waals surface area (Å²) >= 11 is 0. The first-order valence-corrected chi connectivity index (χ1v) is 12.0. The van der Waals surface area contributed by atoms with Gasteiger partial charge in [-0.3, -0.25) is 9.59 Å². The molecule has 1 aliphatic heterocycles. The number of primary amides is 1. The van der Waals surface area contributed by atoms with Gasteiger partial charge >= 0.3 is 13.2 Å². The second-order valence-corrected chi connectivity index (χ2v) is 9.94. The molecule has 10 nitrogen and oxygen atoms in total. The molecule has 0 unspecified atom stereocenters. The molecule has 3 amide bonds. The van der Waals surface area contributed by atoms with E-state index in [9.17, 15) is 19.5 Å². The van der Waals surface area contributed by atoms with Crippen molar-refractivity contribution in [2.75, 3.05) is 6.61 Å². The lowest BCUT2D eigenvalue weighted by molar-refractivity contribution is -0.129. The van der Waals surface area contributed by atoms with Crippen LogP contribution in [0, 0.1) is 0 Å². The molecule has 1 saturated heterocycles. The van der Waals surface area contributed by atoms with Crippen LogP contribution >= 0.6 is 0 Å². The molecule has 0 aliphatic carbocycles. The van der Waals surface area contributed by atoms with Gasteiger partial charge in [-0.15, -0.1) is 0 Å². The Morgan fingerprint density at radius 3 is 2.05 bits per heavy atom. The summed E-state index contributed by atoms with van der Waals surface area (Å²) in [6.45, 7) is 7.19. The fourth-order valence-corrected chi connectivity index (χ4v) is 3.62. The lowest BCUT2D eigenvalue weighted by Gasteiger charge is -2.32. The summed E-state index contributed by atoms with van der Waals surface area (Å²) < 4.78 is 17.2. The van der Waals surface area contributed by atoms with E-state index in [2.05, 4.69) is 10.6 Å². The lowest BCUT2D eigenvalue weighted by atomic mass is 9.78. The number of nitrogens with one attached hydrogen (secondary N) is 2. The highest BCUT2D eigenvalue weighted by Crippen LogP contribution is 2.36. The van der Waals surface area contributed by atoms with Crippen molar-refractivity contribution in [1.29, 1.82) is 0 Å². The Morgan fingerprint density at radius 2 is 1.51 bits per heavy atom. The topological polar surface area (TPSA) is 149 Å². The van der Waals surface area contributed by atoms with E-state index in [1.165, 1.54) is 0 Å². The molecule has 0 aromatic heterocycles. The number of amides is 3. The molecular weight excluding hydrogens is 477 g/mol. The highest BCUT2D eigenvalue weighted by atomic mass is 16.7. The van der Waals surface area contributed by atoms with Crippen LogP contribution in [0.3, 0.4) is 0 Å². The van der Waals surface area contributed by atoms with Crippen molar-refractivity contribution in [1.82, 2.24) is 10.6 Å². The van der Waals surface area contributed by atoms with Crippen molar-refractivity contribution in [2.45, 2.75) is 64.0 Å². The monoisotopic (exact) mass is 511 g/mol. The maximum absolute atomic E-state index is 12.7. The summed E-state index contributed by atoms with van der Waals surface area (Å²) in [5.41, 5.74) is 6.89. The van der Waals surface area contributed by atoms with Gasteiger partial charge in [0.25, 0.3) is 0 Å². The molecule has 0 spiro atoms. The van der Waals surface area contributed by atoms with Crippen LogP contribution < -0.4 is 21.8 Å². The molecule has 2 aromatic carbocycles. The number of hydrogen-bond acceptors (Lipinski definition) is 7. The Bertz CT molecular complexity index is 1080. The maximum atomic E-state index is 12.7. The van der Waals surface area contributed by atoms with E-state index < -0.39 is 54.9 Å². The largest absolute Gasteiger partial charge is 0.494 e. The van der Waals surface area contributed by atoms with Crippen molar-refractivity contribution in [2.24, 2.45) is 5.73 Å². The highest BCUT2D eigenvalue weighted by molar-refractivity contribution is 6.62. The van der Waals surface area contributed by atoms with Gasteiger partial charge in [0, 0.05) is 6.42 Å². The lowest BCUT2D eigenvalue weighted by Crippen LogP contribution is -2.54. The van der Waals surface area contributed by atoms with Crippen LogP contribution in [0.15, 0.2) is 54.6 Å². The first kappa shape index (κ1) is 28.2. The summed E-state index contributed by atoms with van der Waals surface area (Å²) in [4.78, 5) is 36.8. The Morgan fingerprint density at radius 1 is 0.919 bits per heavy atom. The van der Waals surface area contributed by atoms with E-state index in [0.717, 1.165) is 16.6 Å². The second kappa shape index (κ2) is 11.8. The molecule has 2 atom stereocenters. The van der Waals surface area contributed by atoms with Gasteiger partial charge in [0.2, 0.25) is 11.8 Å². The molecule has 37 heavy (non-hydrogen) atoms. The minimum Gasteiger partial charge on any atom is -0.445 e. The van der Waals surface area contributed by atoms with Gasteiger partial charge in [-0.25, -0.2) is 4.79 Å². The number of carbonyl (C=O) groups is 3. The third-order valence-corrected chi connectivity index (χ3v) is 6.61. The predicted molar refractivity (Wildman–Crippen MR) is 138 cm³/mol. The average Bonchev–Trinajstić information content (AvgIpc) is 3.08. The molecular formula is C26H34BN3O7. The molecule has 0 saturated carbocycles. The number of alkyl carbamates (subject to hydrolysis) is 1. The van der Waals surface area contributed by atoms with Crippen LogP contribution in [0.5, 0.6) is 0 Å². The SMILES string of the molecule is CC1(C)OB(c2ccc(C[C@@H](NC(=O)[C@H](CO)NC(=O)OCc3ccccc3)C(N)=O)cc2)OC1(C)C. The van der Waals surface area contributed by atoms with Crippen molar-refractivity contribution in [3.8, 4) is 0 Å². The Balaban J connectivity index is 1.56. The maximum Gasteiger partial charge on any atom is 0.494 e. The molecule has 2 aromatic rings. The van der Waals surface area contributed by atoms with E-state index in [-0.39, 0.29) is 13.0 Å². The summed E-state index contributed by atoms with van der Waals surface area (Å²) in [5, 5.41) is 14.4. The van der Waals surface area contributed by atoms with Crippen LogP contribution in [-0.4, -0.2) is 60.0 Å². The third kappa shape index (κ3) is 7.31. The molecule has 1 aliphatic rings. The van der Waals surface area contributed by atoms with Crippen LogP contribution in [0.2, 0.25) is 0 Å². The molecule has 5 N–H and O–H groups in total. The van der Waals surface area contributed by atoms with E-state index >= 15 is 0 Å². The number of nitrogens with two attached hydrogens (primary N) is 1. The number of ether oxygens (including phenoxy) is 1. The standard InChI is InChI=1S/C26H34BN3O7/c1-25(2)26(3,4)37-27(36-25)19-12-10-17(11-13-19)14-20(22(28)32)29-23(33)21(15-31)30-24(34)35-16-18-8-6-5-7-9-18/h5-13,20-21,31H,14-16H2,1-4H3,(H2,28,32)(H,29,33)(H,30,34)/t20-,21+/m1/s1. The Kier molecular flexibility index (Phi) is 8.96. The number of benzene rings is 2. The van der Waals surface area contributed by atoms with Gasteiger partial charge in [-0.1, -0.05) is 54.6 Å². The van der Waals surface area contributed by atoms with Gasteiger partial charge < -0.3 is 35.5 Å². The summed E-state index contributed by atoms with van der Waals surface area (Å²) in [6, 6.07) is 13.9. The van der Waals surface area contributed by atoms with E-state index in [4.69, 9.17) is 19.8 Å². The molecule has 1 heterocycles. The van der Waals surface area contributed by atoms with E-state index in [1.807, 2.05) is 45.9 Å². The van der Waals surface area contributed by atoms with Gasteiger partial charge in [-0.2, -0.15) is 0 Å². The predicted octanol–water partition coefficient (Wildman–Crippen LogP) is 0.786. The number of aliphatic hydroxyl groups excluding tert-OH is 1. The number of rotatable bonds is 10. The van der Waals surface area contributed by atoms with Gasteiger partial charge in [0.1, 0.15) is 18.7 Å². The van der Waals surface area contributed by atoms with Gasteiger partial charge in [0.05, 0.1) is 17.8 Å². The third-order valence-electron chi connectivity index (χ3n) is 6.61. The molecule has 0 bridgehead atoms. The number of aliphatic hydroxyl groups is 1. The number of hydrogen-bond donors (Lipinski definition) is 4. The molecule has 0 radical (unpaired) electrons. The average molecular weight is 511 g/mol. The van der Waals surface area contributed by atoms with Gasteiger partial charge in [0.15, 0.2) is 0 Å². The normalized spacial score (nSPS) is 17.5. The highest BCUT2D eigenvalue weighted by Gasteiger charge is 2.51. The summed E-state index contributed by atoms with van der Waals surface area (Å²) in [6.07, 6.45) is -0.770. The zero-order valence-electron chi connectivity index (χ0n) is 21.5. The zero-order valence-corrected chi connectivity index (χ0v) is 21.5. The second-order valence-electron chi connectivity index (χ2n) is 9.94. The molecule has 11 heteroatoms. The van der Waals surface area contributed by atoms with Crippen molar-refractivity contribution >= 4 is 30.5 Å². The van der Waals surface area contributed by atoms with Crippen LogP contribution in [0.25, 0.3) is 0 Å². The molecule has 3 rings (SSSR count). The Hall–Kier alpha value is -3.41. The zero-order chi connectivity index (χ0) is 27.2. The quantitative estimate of drug-likeness (QED) is 0.345. The van der Waals surface area contributed by atoms with Crippen molar-refractivity contribution < 1.29 is 33.5 Å². The summed E-state index contributed by atoms with van der Waals surface area (Å²) in [5.74, 6) is -1.52. The van der Waals surface area contributed by atoms with Crippen LogP contribution in [-0.2, 0) is 36.7 Å². The van der Waals surface area contributed by atoms with Crippen LogP contribution in [0.1, 0.15) is 38.8 Å². The minimum absolute atomic E-state index is 0.00171.